The van der Waals surface area contributed by atoms with Crippen molar-refractivity contribution in [1.29, 1.82) is 0 Å². The third kappa shape index (κ3) is 1.53. The molecule has 0 aromatic rings. The number of amides is 1. The zero-order valence-corrected chi connectivity index (χ0v) is 6.33. The summed E-state index contributed by atoms with van der Waals surface area (Å²) in [6.07, 6.45) is 6.66. The van der Waals surface area contributed by atoms with Crippen molar-refractivity contribution in [1.82, 2.24) is 4.90 Å². The number of methoxy groups -OCH3 is 1. The molecular formula is C8H9NO2. The first-order valence-corrected chi connectivity index (χ1v) is 3.26. The largest absolute Gasteiger partial charge is 0.453 e. The highest BCUT2D eigenvalue weighted by atomic mass is 16.5. The Kier molecular flexibility index (Phi) is 2.17. The number of rotatable bonds is 0. The van der Waals surface area contributed by atoms with Crippen LogP contribution in [0.15, 0.2) is 11.6 Å². The van der Waals surface area contributed by atoms with Gasteiger partial charge >= 0.3 is 6.09 Å². The second-order valence-electron chi connectivity index (χ2n) is 2.22. The van der Waals surface area contributed by atoms with Crippen molar-refractivity contribution < 1.29 is 9.53 Å². The van der Waals surface area contributed by atoms with E-state index in [1.807, 2.05) is 6.08 Å². The van der Waals surface area contributed by atoms with Crippen LogP contribution in [0.1, 0.15) is 0 Å². The van der Waals surface area contributed by atoms with Crippen molar-refractivity contribution >= 4 is 6.09 Å². The van der Waals surface area contributed by atoms with E-state index in [1.165, 1.54) is 12.0 Å². The van der Waals surface area contributed by atoms with Crippen molar-refractivity contribution in [2.24, 2.45) is 0 Å². The SMILES string of the molecule is C#CC1=CCN(C(=O)OC)C1. The van der Waals surface area contributed by atoms with Crippen LogP contribution in [-0.2, 0) is 4.74 Å². The van der Waals surface area contributed by atoms with Gasteiger partial charge in [-0.05, 0) is 0 Å². The van der Waals surface area contributed by atoms with Gasteiger partial charge in [0.2, 0.25) is 0 Å². The second kappa shape index (κ2) is 3.11. The lowest BCUT2D eigenvalue weighted by Gasteiger charge is -2.12. The number of terminal acetylenes is 1. The van der Waals surface area contributed by atoms with Gasteiger partial charge in [0.1, 0.15) is 0 Å². The van der Waals surface area contributed by atoms with Crippen LogP contribution in [-0.4, -0.2) is 31.2 Å². The Morgan fingerprint density at radius 3 is 3.09 bits per heavy atom. The predicted molar refractivity (Wildman–Crippen MR) is 40.9 cm³/mol. The lowest BCUT2D eigenvalue weighted by Crippen LogP contribution is -2.28. The van der Waals surface area contributed by atoms with Gasteiger partial charge in [0.25, 0.3) is 0 Å². The second-order valence-corrected chi connectivity index (χ2v) is 2.22. The van der Waals surface area contributed by atoms with Crippen molar-refractivity contribution in [2.45, 2.75) is 0 Å². The normalized spacial score (nSPS) is 15.6. The maximum atomic E-state index is 10.9. The lowest BCUT2D eigenvalue weighted by atomic mass is 10.3. The van der Waals surface area contributed by atoms with Gasteiger partial charge in [-0.25, -0.2) is 4.79 Å². The van der Waals surface area contributed by atoms with E-state index in [4.69, 9.17) is 6.42 Å². The minimum absolute atomic E-state index is 0.327. The molecule has 0 N–H and O–H groups in total. The number of nitrogens with zero attached hydrogens (tertiary/aromatic N) is 1. The molecule has 0 saturated heterocycles. The van der Waals surface area contributed by atoms with Crippen LogP contribution in [0.3, 0.4) is 0 Å². The van der Waals surface area contributed by atoms with Crippen LogP contribution in [0, 0.1) is 12.3 Å². The molecule has 58 valence electrons. The zero-order chi connectivity index (χ0) is 8.27. The molecule has 1 aliphatic heterocycles. The molecule has 0 spiro atoms. The molecule has 0 aromatic heterocycles. The lowest BCUT2D eigenvalue weighted by molar-refractivity contribution is 0.134. The monoisotopic (exact) mass is 151 g/mol. The molecule has 0 radical (unpaired) electrons. The number of carbonyl (C=O) groups is 1. The molecule has 1 aliphatic rings. The molecular weight excluding hydrogens is 142 g/mol. The molecule has 0 aliphatic carbocycles. The van der Waals surface area contributed by atoms with Gasteiger partial charge in [0, 0.05) is 12.1 Å². The molecule has 1 heterocycles. The topological polar surface area (TPSA) is 29.5 Å². The first kappa shape index (κ1) is 7.67. The molecule has 3 nitrogen and oxygen atoms in total. The van der Waals surface area contributed by atoms with Gasteiger partial charge < -0.3 is 4.74 Å². The highest BCUT2D eigenvalue weighted by molar-refractivity contribution is 5.69. The van der Waals surface area contributed by atoms with Crippen molar-refractivity contribution in [3.05, 3.63) is 11.6 Å². The summed E-state index contributed by atoms with van der Waals surface area (Å²) in [5.41, 5.74) is 0.843. The molecule has 0 fully saturated rings. The predicted octanol–water partition coefficient (Wildman–Crippen LogP) is 0.628. The third-order valence-corrected chi connectivity index (χ3v) is 1.54. The van der Waals surface area contributed by atoms with E-state index in [1.54, 1.807) is 0 Å². The molecule has 0 saturated carbocycles. The van der Waals surface area contributed by atoms with Gasteiger partial charge in [-0.3, -0.25) is 4.90 Å². The van der Waals surface area contributed by atoms with E-state index in [-0.39, 0.29) is 6.09 Å². The Hall–Kier alpha value is -1.43. The van der Waals surface area contributed by atoms with E-state index in [2.05, 4.69) is 10.7 Å². The zero-order valence-electron chi connectivity index (χ0n) is 6.33. The Labute approximate surface area is 65.6 Å². The fraction of sp³-hybridized carbons (Fsp3) is 0.375. The van der Waals surface area contributed by atoms with E-state index >= 15 is 0 Å². The van der Waals surface area contributed by atoms with Gasteiger partial charge in [-0.1, -0.05) is 12.0 Å². The maximum Gasteiger partial charge on any atom is 0.410 e. The van der Waals surface area contributed by atoms with E-state index in [0.29, 0.717) is 13.1 Å². The van der Waals surface area contributed by atoms with E-state index in [9.17, 15) is 4.79 Å². The molecule has 1 amide bonds. The summed E-state index contributed by atoms with van der Waals surface area (Å²) in [5, 5.41) is 0. The highest BCUT2D eigenvalue weighted by Crippen LogP contribution is 2.08. The number of carbonyl (C=O) groups excluding carboxylic acids is 1. The molecule has 11 heavy (non-hydrogen) atoms. The summed E-state index contributed by atoms with van der Waals surface area (Å²) >= 11 is 0. The average molecular weight is 151 g/mol. The summed E-state index contributed by atoms with van der Waals surface area (Å²) in [7, 11) is 1.36. The molecule has 0 atom stereocenters. The smallest absolute Gasteiger partial charge is 0.410 e. The van der Waals surface area contributed by atoms with Crippen LogP contribution in [0.2, 0.25) is 0 Å². The third-order valence-electron chi connectivity index (χ3n) is 1.54. The summed E-state index contributed by atoms with van der Waals surface area (Å²) in [6, 6.07) is 0. The van der Waals surface area contributed by atoms with E-state index < -0.39 is 0 Å². The van der Waals surface area contributed by atoms with Gasteiger partial charge in [0.05, 0.1) is 13.7 Å². The summed E-state index contributed by atoms with van der Waals surface area (Å²) in [5.74, 6) is 2.48. The van der Waals surface area contributed by atoms with Crippen molar-refractivity contribution in [3.63, 3.8) is 0 Å². The van der Waals surface area contributed by atoms with Gasteiger partial charge in [-0.2, -0.15) is 0 Å². The summed E-state index contributed by atoms with van der Waals surface area (Å²) in [6.45, 7) is 1.06. The highest BCUT2D eigenvalue weighted by Gasteiger charge is 2.18. The number of hydrogen-bond donors (Lipinski definition) is 0. The van der Waals surface area contributed by atoms with Crippen LogP contribution in [0.5, 0.6) is 0 Å². The van der Waals surface area contributed by atoms with Gasteiger partial charge in [0.15, 0.2) is 0 Å². The minimum Gasteiger partial charge on any atom is -0.453 e. The van der Waals surface area contributed by atoms with Crippen LogP contribution in [0.4, 0.5) is 4.79 Å². The summed E-state index contributed by atoms with van der Waals surface area (Å²) in [4.78, 5) is 12.4. The average Bonchev–Trinajstić information content (AvgIpc) is 2.50. The molecule has 1 rings (SSSR count). The van der Waals surface area contributed by atoms with Crippen LogP contribution < -0.4 is 0 Å². The number of ether oxygens (including phenoxy) is 1. The Bertz CT molecular complexity index is 237. The van der Waals surface area contributed by atoms with E-state index in [0.717, 1.165) is 5.57 Å². The van der Waals surface area contributed by atoms with Crippen molar-refractivity contribution in [2.75, 3.05) is 20.2 Å². The Balaban J connectivity index is 2.49. The first-order chi connectivity index (χ1) is 5.27. The molecule has 3 heteroatoms. The molecule has 0 aromatic carbocycles. The van der Waals surface area contributed by atoms with Crippen molar-refractivity contribution in [3.8, 4) is 12.3 Å². The maximum absolute atomic E-state index is 10.9. The standard InChI is InChI=1S/C8H9NO2/c1-3-7-4-5-9(6-7)8(10)11-2/h1,4H,5-6H2,2H3. The van der Waals surface area contributed by atoms with Crippen LogP contribution >= 0.6 is 0 Å². The Morgan fingerprint density at radius 1 is 1.91 bits per heavy atom. The Morgan fingerprint density at radius 2 is 2.64 bits per heavy atom. The quantitative estimate of drug-likeness (QED) is 0.475. The van der Waals surface area contributed by atoms with Gasteiger partial charge in [-0.15, -0.1) is 6.42 Å². The molecule has 0 unspecified atom stereocenters. The molecule has 0 bridgehead atoms. The summed E-state index contributed by atoms with van der Waals surface area (Å²) < 4.78 is 4.51. The fourth-order valence-electron chi connectivity index (χ4n) is 0.928. The fourth-order valence-corrected chi connectivity index (χ4v) is 0.928. The minimum atomic E-state index is -0.327. The first-order valence-electron chi connectivity index (χ1n) is 3.26. The number of hydrogen-bond acceptors (Lipinski definition) is 2. The van der Waals surface area contributed by atoms with Crippen LogP contribution in [0.25, 0.3) is 0 Å².